The molecule has 11 aromatic rings. The molecular formula is C55H33N5. The van der Waals surface area contributed by atoms with Crippen molar-refractivity contribution in [2.24, 2.45) is 0 Å². The van der Waals surface area contributed by atoms with Crippen LogP contribution >= 0.6 is 0 Å². The molecule has 2 aromatic heterocycles. The molecular weight excluding hydrogens is 731 g/mol. The van der Waals surface area contributed by atoms with Gasteiger partial charge in [-0.1, -0.05) is 158 Å². The number of fused-ring (bicyclic) bond motifs is 6. The molecule has 0 spiro atoms. The Morgan fingerprint density at radius 2 is 0.800 bits per heavy atom. The van der Waals surface area contributed by atoms with Crippen molar-refractivity contribution in [3.63, 3.8) is 0 Å². The number of pyridine rings is 1. The summed E-state index contributed by atoms with van der Waals surface area (Å²) in [5, 5.41) is 17.6. The monoisotopic (exact) mass is 763 g/mol. The summed E-state index contributed by atoms with van der Waals surface area (Å²) in [7, 11) is 0. The van der Waals surface area contributed by atoms with Gasteiger partial charge in [-0.15, -0.1) is 0 Å². The van der Waals surface area contributed by atoms with Crippen LogP contribution in [-0.2, 0) is 0 Å². The van der Waals surface area contributed by atoms with Crippen molar-refractivity contribution in [1.29, 1.82) is 5.26 Å². The molecule has 278 valence electrons. The lowest BCUT2D eigenvalue weighted by Crippen LogP contribution is -2.00. The van der Waals surface area contributed by atoms with Crippen LogP contribution in [0.25, 0.3) is 111 Å². The second kappa shape index (κ2) is 14.6. The second-order valence-corrected chi connectivity index (χ2v) is 14.9. The third-order valence-electron chi connectivity index (χ3n) is 11.4. The first kappa shape index (κ1) is 34.9. The predicted octanol–water partition coefficient (Wildman–Crippen LogP) is 13.8. The van der Waals surface area contributed by atoms with E-state index >= 15 is 0 Å². The Morgan fingerprint density at radius 3 is 1.48 bits per heavy atom. The van der Waals surface area contributed by atoms with Crippen molar-refractivity contribution >= 4 is 43.2 Å². The van der Waals surface area contributed by atoms with Gasteiger partial charge in [-0.25, -0.2) is 15.0 Å². The van der Waals surface area contributed by atoms with E-state index in [2.05, 4.69) is 115 Å². The molecule has 0 atom stereocenters. The molecule has 0 amide bonds. The van der Waals surface area contributed by atoms with Crippen LogP contribution < -0.4 is 0 Å². The Hall–Kier alpha value is -8.33. The molecule has 0 N–H and O–H groups in total. The van der Waals surface area contributed by atoms with Crippen molar-refractivity contribution in [2.45, 2.75) is 0 Å². The SMILES string of the molecule is N#Cc1cccc(-c2cc3c4cccnc4c(-c4ccc(-c5cccc(-c6nc(-c7ccccc7)nc(-c7ccccc7)n6)c5)c5ccccc45)cc3c3ccccc23)c1. The molecule has 9 aromatic carbocycles. The summed E-state index contributed by atoms with van der Waals surface area (Å²) in [6, 6.07) is 69.3. The summed E-state index contributed by atoms with van der Waals surface area (Å²) in [6.45, 7) is 0. The van der Waals surface area contributed by atoms with Crippen molar-refractivity contribution < 1.29 is 0 Å². The highest BCUT2D eigenvalue weighted by Crippen LogP contribution is 2.44. The second-order valence-electron chi connectivity index (χ2n) is 14.9. The fourth-order valence-electron chi connectivity index (χ4n) is 8.58. The molecule has 0 bridgehead atoms. The Kier molecular flexibility index (Phi) is 8.46. The van der Waals surface area contributed by atoms with Gasteiger partial charge in [0, 0.05) is 33.8 Å². The van der Waals surface area contributed by atoms with Gasteiger partial charge in [-0.3, -0.25) is 4.98 Å². The third-order valence-corrected chi connectivity index (χ3v) is 11.4. The third kappa shape index (κ3) is 6.03. The lowest BCUT2D eigenvalue weighted by Gasteiger charge is -2.17. The van der Waals surface area contributed by atoms with Gasteiger partial charge in [0.1, 0.15) is 0 Å². The minimum Gasteiger partial charge on any atom is -0.256 e. The molecule has 0 aliphatic rings. The van der Waals surface area contributed by atoms with Crippen molar-refractivity contribution in [3.8, 4) is 73.6 Å². The molecule has 0 saturated heterocycles. The summed E-state index contributed by atoms with van der Waals surface area (Å²) in [4.78, 5) is 20.0. The van der Waals surface area contributed by atoms with Crippen LogP contribution in [0.5, 0.6) is 0 Å². The number of nitrogens with zero attached hydrogens (tertiary/aromatic N) is 5. The van der Waals surface area contributed by atoms with Gasteiger partial charge < -0.3 is 0 Å². The molecule has 0 unspecified atom stereocenters. The van der Waals surface area contributed by atoms with Gasteiger partial charge in [0.05, 0.1) is 17.1 Å². The lowest BCUT2D eigenvalue weighted by atomic mass is 9.87. The maximum atomic E-state index is 9.72. The van der Waals surface area contributed by atoms with Crippen LogP contribution in [0.4, 0.5) is 0 Å². The fraction of sp³-hybridized carbons (Fsp3) is 0. The molecule has 0 aliphatic carbocycles. The van der Waals surface area contributed by atoms with E-state index in [1.807, 2.05) is 91.1 Å². The number of nitriles is 1. The standard InChI is InChI=1S/C55H33N5/c56-34-35-14-11-19-38(30-35)48-32-50-47-26-13-29-57-52(47)51(33-49(50)45-25-10-9-24-44(45)48)46-28-27-41(42-22-7-8-23-43(42)46)39-20-12-21-40(31-39)55-59-53(36-15-3-1-4-16-36)58-54(60-55)37-17-5-2-6-18-37/h1-33H. The highest BCUT2D eigenvalue weighted by Gasteiger charge is 2.19. The molecule has 0 saturated carbocycles. The smallest absolute Gasteiger partial charge is 0.164 e. The zero-order chi connectivity index (χ0) is 40.0. The topological polar surface area (TPSA) is 75.3 Å². The lowest BCUT2D eigenvalue weighted by molar-refractivity contribution is 1.07. The van der Waals surface area contributed by atoms with E-state index in [4.69, 9.17) is 19.9 Å². The normalized spacial score (nSPS) is 11.3. The maximum Gasteiger partial charge on any atom is 0.164 e. The Bertz CT molecular complexity index is 3440. The molecule has 11 rings (SSSR count). The first-order valence-electron chi connectivity index (χ1n) is 19.9. The summed E-state index contributed by atoms with van der Waals surface area (Å²) in [5.74, 6) is 1.88. The van der Waals surface area contributed by atoms with Crippen LogP contribution in [-0.4, -0.2) is 19.9 Å². The molecule has 0 aliphatic heterocycles. The molecule has 2 heterocycles. The van der Waals surface area contributed by atoms with Gasteiger partial charge >= 0.3 is 0 Å². The minimum absolute atomic E-state index is 0.618. The zero-order valence-electron chi connectivity index (χ0n) is 32.3. The Morgan fingerprint density at radius 1 is 0.317 bits per heavy atom. The highest BCUT2D eigenvalue weighted by atomic mass is 15.0. The summed E-state index contributed by atoms with van der Waals surface area (Å²) < 4.78 is 0. The van der Waals surface area contributed by atoms with Gasteiger partial charge in [-0.2, -0.15) is 5.26 Å². The summed E-state index contributed by atoms with van der Waals surface area (Å²) >= 11 is 0. The van der Waals surface area contributed by atoms with Crippen molar-refractivity contribution in [2.75, 3.05) is 0 Å². The van der Waals surface area contributed by atoms with Crippen molar-refractivity contribution in [3.05, 3.63) is 206 Å². The summed E-state index contributed by atoms with van der Waals surface area (Å²) in [5.41, 5.74) is 10.8. The van der Waals surface area contributed by atoms with Crippen LogP contribution in [0.15, 0.2) is 200 Å². The quantitative estimate of drug-likeness (QED) is 0.158. The Labute approximate surface area is 346 Å². The van der Waals surface area contributed by atoms with E-state index in [0.29, 0.717) is 23.0 Å². The van der Waals surface area contributed by atoms with Crippen molar-refractivity contribution in [1.82, 2.24) is 19.9 Å². The average molecular weight is 764 g/mol. The first-order valence-corrected chi connectivity index (χ1v) is 19.9. The molecule has 60 heavy (non-hydrogen) atoms. The minimum atomic E-state index is 0.618. The van der Waals surface area contributed by atoms with E-state index in [1.165, 1.54) is 0 Å². The van der Waals surface area contributed by atoms with Gasteiger partial charge in [0.2, 0.25) is 0 Å². The van der Waals surface area contributed by atoms with Gasteiger partial charge in [0.25, 0.3) is 0 Å². The van der Waals surface area contributed by atoms with Crippen LogP contribution in [0.3, 0.4) is 0 Å². The van der Waals surface area contributed by atoms with Crippen LogP contribution in [0.2, 0.25) is 0 Å². The van der Waals surface area contributed by atoms with E-state index in [0.717, 1.165) is 93.3 Å². The summed E-state index contributed by atoms with van der Waals surface area (Å²) in [6.07, 6.45) is 1.88. The number of hydrogen-bond acceptors (Lipinski definition) is 5. The van der Waals surface area contributed by atoms with E-state index in [-0.39, 0.29) is 0 Å². The van der Waals surface area contributed by atoms with Crippen LogP contribution in [0, 0.1) is 11.3 Å². The molecule has 5 nitrogen and oxygen atoms in total. The van der Waals surface area contributed by atoms with Gasteiger partial charge in [-0.05, 0) is 96.5 Å². The fourth-order valence-corrected chi connectivity index (χ4v) is 8.58. The average Bonchev–Trinajstić information content (AvgIpc) is 3.33. The number of hydrogen-bond donors (Lipinski definition) is 0. The maximum absolute atomic E-state index is 9.72. The van der Waals surface area contributed by atoms with E-state index < -0.39 is 0 Å². The van der Waals surface area contributed by atoms with E-state index in [9.17, 15) is 5.26 Å². The number of benzene rings is 9. The highest BCUT2D eigenvalue weighted by molar-refractivity contribution is 6.24. The Balaban J connectivity index is 1.08. The predicted molar refractivity (Wildman–Crippen MR) is 245 cm³/mol. The number of aromatic nitrogens is 4. The molecule has 0 radical (unpaired) electrons. The van der Waals surface area contributed by atoms with E-state index in [1.54, 1.807) is 0 Å². The van der Waals surface area contributed by atoms with Gasteiger partial charge in [0.15, 0.2) is 17.5 Å². The largest absolute Gasteiger partial charge is 0.256 e. The molecule has 5 heteroatoms. The van der Waals surface area contributed by atoms with Crippen LogP contribution in [0.1, 0.15) is 5.56 Å². The molecule has 0 fully saturated rings. The first-order chi connectivity index (χ1) is 29.7. The zero-order valence-corrected chi connectivity index (χ0v) is 32.3. The number of rotatable bonds is 6.